The molecule has 1 aliphatic rings. The van der Waals surface area contributed by atoms with E-state index in [4.69, 9.17) is 9.15 Å². The summed E-state index contributed by atoms with van der Waals surface area (Å²) >= 11 is 1.24. The third-order valence-corrected chi connectivity index (χ3v) is 5.19. The Bertz CT molecular complexity index is 723. The highest BCUT2D eigenvalue weighted by atomic mass is 32.1. The highest BCUT2D eigenvalue weighted by Crippen LogP contribution is 2.33. The van der Waals surface area contributed by atoms with Crippen molar-refractivity contribution in [2.45, 2.75) is 12.8 Å². The molecule has 2 aromatic rings. The number of ether oxygens (including phenoxy) is 1. The van der Waals surface area contributed by atoms with Crippen molar-refractivity contribution in [3.63, 3.8) is 0 Å². The van der Waals surface area contributed by atoms with E-state index in [0.717, 1.165) is 0 Å². The zero-order valence-corrected chi connectivity index (χ0v) is 14.0. The monoisotopic (exact) mass is 350 g/mol. The Kier molecular flexibility index (Phi) is 4.68. The summed E-state index contributed by atoms with van der Waals surface area (Å²) in [4.78, 5) is 30.7. The smallest absolute Gasteiger partial charge is 0.313 e. The van der Waals surface area contributed by atoms with Crippen molar-refractivity contribution in [3.05, 3.63) is 29.5 Å². The molecule has 1 amide bonds. The Balaban J connectivity index is 1.78. The van der Waals surface area contributed by atoms with Crippen LogP contribution in [0.5, 0.6) is 0 Å². The number of nitrogens with zero attached hydrogens (tertiary/aromatic N) is 2. The molecule has 1 fully saturated rings. The highest BCUT2D eigenvalue weighted by Gasteiger charge is 2.44. The van der Waals surface area contributed by atoms with Crippen LogP contribution in [0.3, 0.4) is 0 Å². The Labute approximate surface area is 142 Å². The lowest BCUT2D eigenvalue weighted by molar-refractivity contribution is -0.155. The maximum Gasteiger partial charge on any atom is 0.313 e. The molecule has 1 unspecified atom stereocenters. The zero-order valence-electron chi connectivity index (χ0n) is 13.2. The third-order valence-electron chi connectivity index (χ3n) is 4.19. The van der Waals surface area contributed by atoms with Crippen LogP contribution in [0.2, 0.25) is 0 Å². The number of aromatic nitrogens is 1. The van der Waals surface area contributed by atoms with E-state index in [1.807, 2.05) is 0 Å². The predicted molar refractivity (Wildman–Crippen MR) is 86.9 cm³/mol. The van der Waals surface area contributed by atoms with Crippen LogP contribution >= 0.6 is 11.3 Å². The van der Waals surface area contributed by atoms with Gasteiger partial charge in [0, 0.05) is 20.2 Å². The lowest BCUT2D eigenvalue weighted by atomic mass is 9.80. The number of hydrogen-bond acceptors (Lipinski definition) is 6. The van der Waals surface area contributed by atoms with Crippen molar-refractivity contribution < 1.29 is 23.8 Å². The Morgan fingerprint density at radius 1 is 1.54 bits per heavy atom. The van der Waals surface area contributed by atoms with Gasteiger partial charge in [-0.05, 0) is 25.0 Å². The number of carboxylic acids is 1. The van der Waals surface area contributed by atoms with Gasteiger partial charge in [0.2, 0.25) is 0 Å². The van der Waals surface area contributed by atoms with Crippen molar-refractivity contribution in [3.8, 4) is 10.8 Å². The van der Waals surface area contributed by atoms with Crippen LogP contribution in [0.1, 0.15) is 22.5 Å². The van der Waals surface area contributed by atoms with Gasteiger partial charge in [-0.1, -0.05) is 0 Å². The van der Waals surface area contributed by atoms with Gasteiger partial charge in [-0.15, -0.1) is 11.3 Å². The van der Waals surface area contributed by atoms with Gasteiger partial charge in [-0.3, -0.25) is 9.59 Å². The van der Waals surface area contributed by atoms with E-state index < -0.39 is 11.4 Å². The number of aliphatic carboxylic acids is 1. The first kappa shape index (κ1) is 16.7. The molecular formula is C16H18N2O5S. The molecule has 1 atom stereocenters. The molecule has 1 aliphatic heterocycles. The summed E-state index contributed by atoms with van der Waals surface area (Å²) in [7, 11) is 1.48. The number of piperidine rings is 1. The minimum atomic E-state index is -1.04. The average Bonchev–Trinajstić information content (AvgIpc) is 3.25. The fraction of sp³-hybridized carbons (Fsp3) is 0.438. The van der Waals surface area contributed by atoms with Gasteiger partial charge in [0.15, 0.2) is 10.8 Å². The van der Waals surface area contributed by atoms with Gasteiger partial charge in [0.05, 0.1) is 19.1 Å². The van der Waals surface area contributed by atoms with Gasteiger partial charge < -0.3 is 19.2 Å². The minimum absolute atomic E-state index is 0.0897. The van der Waals surface area contributed by atoms with Gasteiger partial charge in [-0.2, -0.15) is 0 Å². The number of carbonyl (C=O) groups is 2. The second-order valence-corrected chi connectivity index (χ2v) is 6.89. The van der Waals surface area contributed by atoms with Crippen LogP contribution in [0.25, 0.3) is 10.8 Å². The quantitative estimate of drug-likeness (QED) is 0.890. The summed E-state index contributed by atoms with van der Waals surface area (Å²) < 4.78 is 10.4. The van der Waals surface area contributed by atoms with Gasteiger partial charge >= 0.3 is 5.97 Å². The van der Waals surface area contributed by atoms with Crippen molar-refractivity contribution in [2.75, 3.05) is 26.8 Å². The number of rotatable bonds is 5. The Hall–Kier alpha value is -2.19. The Morgan fingerprint density at radius 2 is 2.38 bits per heavy atom. The van der Waals surface area contributed by atoms with E-state index in [0.29, 0.717) is 35.0 Å². The third kappa shape index (κ3) is 3.07. The number of amides is 1. The van der Waals surface area contributed by atoms with Crippen LogP contribution in [-0.2, 0) is 9.53 Å². The second kappa shape index (κ2) is 6.74. The summed E-state index contributed by atoms with van der Waals surface area (Å²) in [5.41, 5.74) is -1.04. The van der Waals surface area contributed by atoms with Gasteiger partial charge in [0.1, 0.15) is 10.3 Å². The molecule has 128 valence electrons. The van der Waals surface area contributed by atoms with E-state index in [1.165, 1.54) is 24.6 Å². The standard InChI is InChI=1S/C16H18N2O5S/c1-22-10-16(15(20)21)5-3-6-18(9-16)14(19)12-8-17-13(24-12)11-4-2-7-23-11/h2,4,7-8H,3,5-6,9-10H2,1H3,(H,20,21). The molecule has 0 aromatic carbocycles. The van der Waals surface area contributed by atoms with E-state index in [-0.39, 0.29) is 19.1 Å². The van der Waals surface area contributed by atoms with Crippen molar-refractivity contribution in [2.24, 2.45) is 5.41 Å². The molecule has 2 aromatic heterocycles. The van der Waals surface area contributed by atoms with Crippen LogP contribution in [0, 0.1) is 5.41 Å². The molecule has 0 radical (unpaired) electrons. The lowest BCUT2D eigenvalue weighted by Gasteiger charge is -2.39. The molecule has 24 heavy (non-hydrogen) atoms. The molecule has 3 rings (SSSR count). The summed E-state index contributed by atoms with van der Waals surface area (Å²) in [6, 6.07) is 3.54. The fourth-order valence-corrected chi connectivity index (χ4v) is 3.83. The molecule has 1 saturated heterocycles. The second-order valence-electron chi connectivity index (χ2n) is 5.86. The Morgan fingerprint density at radius 3 is 3.04 bits per heavy atom. The van der Waals surface area contributed by atoms with Crippen LogP contribution < -0.4 is 0 Å². The predicted octanol–water partition coefficient (Wildman–Crippen LogP) is 2.36. The number of hydrogen-bond donors (Lipinski definition) is 1. The molecule has 1 N–H and O–H groups in total. The summed E-state index contributed by atoms with van der Waals surface area (Å²) in [5.74, 6) is -0.522. The van der Waals surface area contributed by atoms with Crippen LogP contribution in [0.15, 0.2) is 29.0 Å². The van der Waals surface area contributed by atoms with Gasteiger partial charge in [-0.25, -0.2) is 4.98 Å². The maximum atomic E-state index is 12.7. The number of methoxy groups -OCH3 is 1. The molecule has 0 saturated carbocycles. The van der Waals surface area contributed by atoms with Gasteiger partial charge in [0.25, 0.3) is 5.91 Å². The average molecular weight is 350 g/mol. The number of furan rings is 1. The van der Waals surface area contributed by atoms with E-state index in [1.54, 1.807) is 23.3 Å². The fourth-order valence-electron chi connectivity index (χ4n) is 2.98. The van der Waals surface area contributed by atoms with Crippen LogP contribution in [-0.4, -0.2) is 53.7 Å². The summed E-state index contributed by atoms with van der Waals surface area (Å²) in [6.07, 6.45) is 4.19. The maximum absolute atomic E-state index is 12.7. The summed E-state index contributed by atoms with van der Waals surface area (Å²) in [5, 5.41) is 10.2. The SMILES string of the molecule is COCC1(C(=O)O)CCCN(C(=O)c2cnc(-c3ccco3)s2)C1. The van der Waals surface area contributed by atoms with Crippen molar-refractivity contribution in [1.29, 1.82) is 0 Å². The number of likely N-dealkylation sites (tertiary alicyclic amines) is 1. The molecule has 0 spiro atoms. The molecule has 8 heteroatoms. The first-order valence-electron chi connectivity index (χ1n) is 7.57. The lowest BCUT2D eigenvalue weighted by Crippen LogP contribution is -2.52. The number of thiazole rings is 1. The number of carbonyl (C=O) groups excluding carboxylic acids is 1. The van der Waals surface area contributed by atoms with E-state index in [9.17, 15) is 14.7 Å². The topological polar surface area (TPSA) is 92.9 Å². The first-order valence-corrected chi connectivity index (χ1v) is 8.39. The highest BCUT2D eigenvalue weighted by molar-refractivity contribution is 7.16. The molecule has 7 nitrogen and oxygen atoms in total. The largest absolute Gasteiger partial charge is 0.481 e. The summed E-state index contributed by atoms with van der Waals surface area (Å²) in [6.45, 7) is 0.765. The molecule has 3 heterocycles. The van der Waals surface area contributed by atoms with E-state index in [2.05, 4.69) is 4.98 Å². The first-order chi connectivity index (χ1) is 11.6. The van der Waals surface area contributed by atoms with Crippen molar-refractivity contribution in [1.82, 2.24) is 9.88 Å². The van der Waals surface area contributed by atoms with E-state index >= 15 is 0 Å². The minimum Gasteiger partial charge on any atom is -0.481 e. The molecular weight excluding hydrogens is 332 g/mol. The number of carboxylic acid groups (broad SMARTS) is 1. The normalized spacial score (nSPS) is 21.0. The van der Waals surface area contributed by atoms with Crippen molar-refractivity contribution >= 4 is 23.2 Å². The zero-order chi connectivity index (χ0) is 17.2. The van der Waals surface area contributed by atoms with Crippen LogP contribution in [0.4, 0.5) is 0 Å². The molecule has 0 bridgehead atoms. The molecule has 0 aliphatic carbocycles.